The molecule has 3 aromatic rings. The van der Waals surface area contributed by atoms with Gasteiger partial charge in [-0.15, -0.1) is 0 Å². The van der Waals surface area contributed by atoms with E-state index in [-0.39, 0.29) is 18.0 Å². The van der Waals surface area contributed by atoms with Crippen LogP contribution in [0.5, 0.6) is 5.75 Å². The van der Waals surface area contributed by atoms with E-state index in [9.17, 15) is 9.18 Å². The van der Waals surface area contributed by atoms with Crippen LogP contribution in [0.3, 0.4) is 0 Å². The number of carboxylic acids is 1. The molecule has 4 nitrogen and oxygen atoms in total. The number of aromatic carboxylic acids is 1. The molecule has 0 aliphatic heterocycles. The first-order valence-electron chi connectivity index (χ1n) is 6.74. The van der Waals surface area contributed by atoms with E-state index in [1.54, 1.807) is 30.3 Å². The fourth-order valence-electron chi connectivity index (χ4n) is 2.43. The Morgan fingerprint density at radius 2 is 2.09 bits per heavy atom. The molecular weight excluding hydrogens is 285 g/mol. The third-order valence-corrected chi connectivity index (χ3v) is 3.51. The van der Waals surface area contributed by atoms with Crippen molar-refractivity contribution in [2.45, 2.75) is 6.61 Å². The van der Waals surface area contributed by atoms with Gasteiger partial charge in [-0.05, 0) is 24.3 Å². The van der Waals surface area contributed by atoms with E-state index in [1.165, 1.54) is 12.1 Å². The summed E-state index contributed by atoms with van der Waals surface area (Å²) in [4.78, 5) is 11.0. The predicted octanol–water partition coefficient (Wildman–Crippen LogP) is 3.59. The van der Waals surface area contributed by atoms with Crippen LogP contribution in [-0.4, -0.2) is 15.6 Å². The van der Waals surface area contributed by atoms with Crippen LogP contribution >= 0.6 is 0 Å². The van der Waals surface area contributed by atoms with Gasteiger partial charge >= 0.3 is 5.97 Å². The molecule has 0 spiro atoms. The van der Waals surface area contributed by atoms with Crippen LogP contribution in [0, 0.1) is 5.82 Å². The van der Waals surface area contributed by atoms with Gasteiger partial charge in [0.1, 0.15) is 18.2 Å². The fourth-order valence-corrected chi connectivity index (χ4v) is 2.43. The number of hydrogen-bond donors (Lipinski definition) is 1. The summed E-state index contributed by atoms with van der Waals surface area (Å²) in [6.45, 7) is 0.285. The standard InChI is InChI=1S/C17H14FNO3/c1-19-9-12(10-22-14-4-2-3-13(18)8-14)15-6-5-11(17(20)21)7-16(15)19/h2-9H,10H2,1H3,(H,20,21). The summed E-state index contributed by atoms with van der Waals surface area (Å²) in [6, 6.07) is 10.9. The minimum absolute atomic E-state index is 0.242. The van der Waals surface area contributed by atoms with Gasteiger partial charge in [0, 0.05) is 35.8 Å². The monoisotopic (exact) mass is 299 g/mol. The van der Waals surface area contributed by atoms with Gasteiger partial charge in [-0.2, -0.15) is 0 Å². The lowest BCUT2D eigenvalue weighted by atomic mass is 10.1. The molecule has 0 unspecified atom stereocenters. The minimum atomic E-state index is -0.958. The van der Waals surface area contributed by atoms with Gasteiger partial charge < -0.3 is 14.4 Å². The molecule has 0 atom stereocenters. The van der Waals surface area contributed by atoms with Crippen molar-refractivity contribution >= 4 is 16.9 Å². The van der Waals surface area contributed by atoms with Crippen LogP contribution in [0.4, 0.5) is 4.39 Å². The summed E-state index contributed by atoms with van der Waals surface area (Å²) in [6.07, 6.45) is 1.88. The molecule has 0 bridgehead atoms. The highest BCUT2D eigenvalue weighted by molar-refractivity contribution is 5.94. The molecule has 0 aliphatic rings. The lowest BCUT2D eigenvalue weighted by Crippen LogP contribution is -1.96. The first kappa shape index (κ1) is 14.1. The lowest BCUT2D eigenvalue weighted by Gasteiger charge is -2.05. The van der Waals surface area contributed by atoms with Crippen molar-refractivity contribution in [3.63, 3.8) is 0 Å². The van der Waals surface area contributed by atoms with Crippen molar-refractivity contribution in [1.29, 1.82) is 0 Å². The van der Waals surface area contributed by atoms with E-state index in [0.717, 1.165) is 16.5 Å². The molecule has 1 heterocycles. The van der Waals surface area contributed by atoms with Crippen molar-refractivity contribution < 1.29 is 19.0 Å². The number of carbonyl (C=O) groups is 1. The van der Waals surface area contributed by atoms with E-state index in [0.29, 0.717) is 5.75 Å². The largest absolute Gasteiger partial charge is 0.489 e. The van der Waals surface area contributed by atoms with Gasteiger partial charge in [0.25, 0.3) is 0 Å². The Morgan fingerprint density at radius 3 is 2.82 bits per heavy atom. The van der Waals surface area contributed by atoms with Crippen molar-refractivity contribution in [2.24, 2.45) is 7.05 Å². The van der Waals surface area contributed by atoms with Gasteiger partial charge in [-0.1, -0.05) is 12.1 Å². The summed E-state index contributed by atoms with van der Waals surface area (Å²) in [7, 11) is 1.85. The van der Waals surface area contributed by atoms with Crippen molar-refractivity contribution in [2.75, 3.05) is 0 Å². The van der Waals surface area contributed by atoms with Gasteiger partial charge in [-0.25, -0.2) is 9.18 Å². The summed E-state index contributed by atoms with van der Waals surface area (Å²) >= 11 is 0. The van der Waals surface area contributed by atoms with Crippen LogP contribution in [0.1, 0.15) is 15.9 Å². The first-order chi connectivity index (χ1) is 10.5. The topological polar surface area (TPSA) is 51.5 Å². The number of ether oxygens (including phenoxy) is 1. The molecule has 5 heteroatoms. The van der Waals surface area contributed by atoms with E-state index in [2.05, 4.69) is 0 Å². The molecule has 22 heavy (non-hydrogen) atoms. The van der Waals surface area contributed by atoms with Crippen molar-refractivity contribution in [1.82, 2.24) is 4.57 Å². The summed E-state index contributed by atoms with van der Waals surface area (Å²) < 4.78 is 20.6. The summed E-state index contributed by atoms with van der Waals surface area (Å²) in [5.74, 6) is -0.846. The van der Waals surface area contributed by atoms with E-state index in [4.69, 9.17) is 9.84 Å². The normalized spacial score (nSPS) is 10.8. The van der Waals surface area contributed by atoms with Crippen molar-refractivity contribution in [3.05, 3.63) is 65.6 Å². The van der Waals surface area contributed by atoms with Gasteiger partial charge in [0.05, 0.1) is 5.56 Å². The molecule has 1 aromatic heterocycles. The van der Waals surface area contributed by atoms with E-state index >= 15 is 0 Å². The maximum atomic E-state index is 13.1. The van der Waals surface area contributed by atoms with Crippen LogP contribution in [0.15, 0.2) is 48.7 Å². The number of hydrogen-bond acceptors (Lipinski definition) is 2. The van der Waals surface area contributed by atoms with E-state index < -0.39 is 5.97 Å². The zero-order valence-electron chi connectivity index (χ0n) is 11.9. The number of aryl methyl sites for hydroxylation is 1. The molecule has 0 saturated heterocycles. The highest BCUT2D eigenvalue weighted by Gasteiger charge is 2.11. The Balaban J connectivity index is 1.90. The number of halogens is 1. The second kappa shape index (κ2) is 5.52. The van der Waals surface area contributed by atoms with Crippen LogP contribution in [0.2, 0.25) is 0 Å². The molecule has 2 aromatic carbocycles. The summed E-state index contributed by atoms with van der Waals surface area (Å²) in [5, 5.41) is 9.97. The number of rotatable bonds is 4. The molecule has 0 fully saturated rings. The maximum absolute atomic E-state index is 13.1. The average Bonchev–Trinajstić information content (AvgIpc) is 2.81. The SMILES string of the molecule is Cn1cc(COc2cccc(F)c2)c2ccc(C(=O)O)cc21. The van der Waals surface area contributed by atoms with Crippen LogP contribution < -0.4 is 4.74 Å². The Kier molecular flexibility index (Phi) is 3.55. The molecule has 0 saturated carbocycles. The predicted molar refractivity (Wildman–Crippen MR) is 80.6 cm³/mol. The average molecular weight is 299 g/mol. The molecular formula is C17H14FNO3. The zero-order valence-corrected chi connectivity index (χ0v) is 11.9. The van der Waals surface area contributed by atoms with Gasteiger partial charge in [-0.3, -0.25) is 0 Å². The Labute approximate surface area is 126 Å². The first-order valence-corrected chi connectivity index (χ1v) is 6.74. The number of benzene rings is 2. The quantitative estimate of drug-likeness (QED) is 0.801. The lowest BCUT2D eigenvalue weighted by molar-refractivity contribution is 0.0697. The van der Waals surface area contributed by atoms with Crippen LogP contribution in [0.25, 0.3) is 10.9 Å². The van der Waals surface area contributed by atoms with Gasteiger partial charge in [0.15, 0.2) is 0 Å². The molecule has 112 valence electrons. The number of carboxylic acid groups (broad SMARTS) is 1. The highest BCUT2D eigenvalue weighted by atomic mass is 19.1. The Hall–Kier alpha value is -2.82. The number of fused-ring (bicyclic) bond motifs is 1. The maximum Gasteiger partial charge on any atom is 0.335 e. The second-order valence-corrected chi connectivity index (χ2v) is 5.05. The summed E-state index contributed by atoms with van der Waals surface area (Å²) in [5.41, 5.74) is 1.97. The van der Waals surface area contributed by atoms with Crippen molar-refractivity contribution in [3.8, 4) is 5.75 Å². The Morgan fingerprint density at radius 1 is 1.27 bits per heavy atom. The molecule has 0 radical (unpaired) electrons. The second-order valence-electron chi connectivity index (χ2n) is 5.05. The fraction of sp³-hybridized carbons (Fsp3) is 0.118. The Bertz CT molecular complexity index is 854. The number of aromatic nitrogens is 1. The molecule has 3 rings (SSSR count). The van der Waals surface area contributed by atoms with Crippen LogP contribution in [-0.2, 0) is 13.7 Å². The minimum Gasteiger partial charge on any atom is -0.489 e. The highest BCUT2D eigenvalue weighted by Crippen LogP contribution is 2.24. The molecule has 0 aliphatic carbocycles. The third kappa shape index (κ3) is 2.65. The molecule has 1 N–H and O–H groups in total. The smallest absolute Gasteiger partial charge is 0.335 e. The number of nitrogens with zero attached hydrogens (tertiary/aromatic N) is 1. The third-order valence-electron chi connectivity index (χ3n) is 3.51. The van der Waals surface area contributed by atoms with Gasteiger partial charge in [0.2, 0.25) is 0 Å². The van der Waals surface area contributed by atoms with E-state index in [1.807, 2.05) is 17.8 Å². The zero-order chi connectivity index (χ0) is 15.7. The molecule has 0 amide bonds.